The molecule has 6 heteroatoms. The van der Waals surface area contributed by atoms with Crippen LogP contribution in [0, 0.1) is 10.8 Å². The zero-order valence-corrected chi connectivity index (χ0v) is 19.3. The van der Waals surface area contributed by atoms with Crippen LogP contribution in [0.5, 0.6) is 0 Å². The van der Waals surface area contributed by atoms with E-state index >= 15 is 0 Å². The van der Waals surface area contributed by atoms with Crippen LogP contribution in [0.3, 0.4) is 0 Å². The van der Waals surface area contributed by atoms with Crippen LogP contribution < -0.4 is 0 Å². The molecule has 22 heavy (non-hydrogen) atoms. The average Bonchev–Trinajstić information content (AvgIpc) is 1.83. The molecule has 0 spiro atoms. The number of hydrogen-bond donors (Lipinski definition) is 1. The molecule has 0 fully saturated rings. The summed E-state index contributed by atoms with van der Waals surface area (Å²) < 4.78 is 23.2. The van der Waals surface area contributed by atoms with Gasteiger partial charge in [0.1, 0.15) is 0 Å². The van der Waals surface area contributed by atoms with Crippen LogP contribution >= 0.6 is 7.82 Å². The minimum atomic E-state index is -4.11. The number of rotatable bonds is 6. The maximum absolute atomic E-state index is 12.3. The van der Waals surface area contributed by atoms with Gasteiger partial charge in [0.15, 0.2) is 0 Å². The predicted molar refractivity (Wildman–Crippen MR) is 96.3 cm³/mol. The summed E-state index contributed by atoms with van der Waals surface area (Å²) in [5.74, 6) is 0. The molecule has 0 heterocycles. The monoisotopic (exact) mass is 364 g/mol. The van der Waals surface area contributed by atoms with Gasteiger partial charge >= 0.3 is 45.6 Å². The molecule has 0 aliphatic carbocycles. The van der Waals surface area contributed by atoms with Gasteiger partial charge in [-0.3, -0.25) is 9.05 Å². The maximum Gasteiger partial charge on any atom is 2.00 e. The molecule has 0 radical (unpaired) electrons. The second kappa shape index (κ2) is 8.17. The Morgan fingerprint density at radius 3 is 1.18 bits per heavy atom. The first-order valence-electron chi connectivity index (χ1n) is 7.57. The minimum Gasteiger partial charge on any atom is -1.00 e. The van der Waals surface area contributed by atoms with E-state index in [1.807, 2.05) is 27.7 Å². The molecule has 0 aliphatic rings. The van der Waals surface area contributed by atoms with E-state index in [2.05, 4.69) is 41.5 Å². The molecule has 0 bridgehead atoms. The molecule has 0 saturated heterocycles. The molecule has 0 unspecified atom stereocenters. The van der Waals surface area contributed by atoms with E-state index in [0.29, 0.717) is 12.8 Å². The van der Waals surface area contributed by atoms with Crippen LogP contribution in [-0.2, 0) is 13.6 Å². The third kappa shape index (κ3) is 13.8. The molecule has 1 N–H and O–H groups in total. The standard InChI is InChI=1S/C16H35O4P.Ca.2H/c1-13(2,3)11-15(7,8)19-21(17,18)20-16(9,10)12-14(4,5)6;;;/h11-12H2,1-10H3,(H,17,18);;;/q;+2;2*-1. The summed E-state index contributed by atoms with van der Waals surface area (Å²) >= 11 is 0. The van der Waals surface area contributed by atoms with Crippen LogP contribution in [0.25, 0.3) is 0 Å². The van der Waals surface area contributed by atoms with Crippen LogP contribution in [0.4, 0.5) is 0 Å². The Morgan fingerprint density at radius 1 is 0.773 bits per heavy atom. The third-order valence-electron chi connectivity index (χ3n) is 2.64. The van der Waals surface area contributed by atoms with Crippen molar-refractivity contribution in [3.8, 4) is 0 Å². The van der Waals surface area contributed by atoms with Crippen molar-refractivity contribution >= 4 is 45.6 Å². The van der Waals surface area contributed by atoms with Crippen LogP contribution in [0.2, 0.25) is 0 Å². The Balaban J connectivity index is -0.000000667. The van der Waals surface area contributed by atoms with Gasteiger partial charge in [-0.2, -0.15) is 0 Å². The molecule has 0 aromatic carbocycles. The van der Waals surface area contributed by atoms with Crippen LogP contribution in [0.1, 0.15) is 84.9 Å². The van der Waals surface area contributed by atoms with Gasteiger partial charge in [-0.25, -0.2) is 4.57 Å². The summed E-state index contributed by atoms with van der Waals surface area (Å²) in [6.45, 7) is 19.7. The molecule has 0 aromatic heterocycles. The Labute approximate surface area is 170 Å². The van der Waals surface area contributed by atoms with Gasteiger partial charge in [-0.1, -0.05) is 41.5 Å². The fraction of sp³-hybridized carbons (Fsp3) is 1.00. The first-order chi connectivity index (χ1) is 8.83. The summed E-state index contributed by atoms with van der Waals surface area (Å²) in [7, 11) is -4.11. The summed E-state index contributed by atoms with van der Waals surface area (Å²) in [5.41, 5.74) is -1.43. The molecule has 0 aromatic rings. The quantitative estimate of drug-likeness (QED) is 0.507. The Kier molecular flexibility index (Phi) is 9.50. The van der Waals surface area contributed by atoms with Crippen molar-refractivity contribution in [2.24, 2.45) is 10.8 Å². The minimum absolute atomic E-state index is 0. The number of hydrogen-bond acceptors (Lipinski definition) is 3. The van der Waals surface area contributed by atoms with Gasteiger partial charge in [0, 0.05) is 0 Å². The number of phosphoric ester groups is 1. The van der Waals surface area contributed by atoms with Gasteiger partial charge in [-0.05, 0) is 51.4 Å². The van der Waals surface area contributed by atoms with Crippen LogP contribution in [-0.4, -0.2) is 53.8 Å². The van der Waals surface area contributed by atoms with Gasteiger partial charge in [0.25, 0.3) is 0 Å². The normalized spacial score (nSPS) is 14.7. The van der Waals surface area contributed by atoms with Crippen molar-refractivity contribution < 1.29 is 21.4 Å². The van der Waals surface area contributed by atoms with Crippen molar-refractivity contribution in [1.29, 1.82) is 0 Å². The molecular weight excluding hydrogens is 327 g/mol. The van der Waals surface area contributed by atoms with Gasteiger partial charge in [-0.15, -0.1) is 0 Å². The van der Waals surface area contributed by atoms with E-state index in [1.54, 1.807) is 0 Å². The maximum atomic E-state index is 12.3. The summed E-state index contributed by atoms with van der Waals surface area (Å²) in [4.78, 5) is 10.1. The molecule has 0 aliphatic heterocycles. The first-order valence-corrected chi connectivity index (χ1v) is 9.07. The molecule has 0 rings (SSSR count). The molecule has 4 nitrogen and oxygen atoms in total. The smallest absolute Gasteiger partial charge is 1.00 e. The zero-order valence-electron chi connectivity index (χ0n) is 18.2. The van der Waals surface area contributed by atoms with Crippen molar-refractivity contribution in [2.75, 3.05) is 0 Å². The second-order valence-electron chi connectivity index (χ2n) is 9.65. The fourth-order valence-corrected chi connectivity index (χ4v) is 4.68. The van der Waals surface area contributed by atoms with E-state index in [1.165, 1.54) is 0 Å². The van der Waals surface area contributed by atoms with Crippen molar-refractivity contribution in [1.82, 2.24) is 0 Å². The van der Waals surface area contributed by atoms with Crippen molar-refractivity contribution in [2.45, 2.75) is 93.3 Å². The largest absolute Gasteiger partial charge is 2.00 e. The summed E-state index contributed by atoms with van der Waals surface area (Å²) in [6, 6.07) is 0. The predicted octanol–water partition coefficient (Wildman–Crippen LogP) is 5.39. The Bertz CT molecular complexity index is 368. The van der Waals surface area contributed by atoms with E-state index < -0.39 is 19.0 Å². The van der Waals surface area contributed by atoms with Gasteiger partial charge in [0.05, 0.1) is 11.2 Å². The molecule has 0 amide bonds. The molecule has 0 saturated carbocycles. The Hall–Kier alpha value is 1.37. The van der Waals surface area contributed by atoms with Crippen molar-refractivity contribution in [3.05, 3.63) is 0 Å². The topological polar surface area (TPSA) is 55.8 Å². The van der Waals surface area contributed by atoms with Crippen LogP contribution in [0.15, 0.2) is 0 Å². The third-order valence-corrected chi connectivity index (χ3v) is 4.09. The number of phosphoric acid groups is 1. The van der Waals surface area contributed by atoms with E-state index in [9.17, 15) is 9.46 Å². The summed E-state index contributed by atoms with van der Waals surface area (Å²) in [6.07, 6.45) is 1.32. The SMILES string of the molecule is CC(C)(C)CC(C)(C)OP(=O)(O)OC(C)(C)CC(C)(C)C.[Ca+2].[H-].[H-]. The van der Waals surface area contributed by atoms with Gasteiger partial charge in [0.2, 0.25) is 0 Å². The average molecular weight is 365 g/mol. The first kappa shape index (κ1) is 25.6. The van der Waals surface area contributed by atoms with E-state index in [4.69, 9.17) is 9.05 Å². The zero-order chi connectivity index (χ0) is 17.3. The second-order valence-corrected chi connectivity index (χ2v) is 10.9. The Morgan fingerprint density at radius 2 is 1.00 bits per heavy atom. The fourth-order valence-electron chi connectivity index (χ4n) is 3.26. The van der Waals surface area contributed by atoms with Gasteiger partial charge < -0.3 is 7.75 Å². The molecular formula is C16H37CaO4P. The summed E-state index contributed by atoms with van der Waals surface area (Å²) in [5, 5.41) is 0. The van der Waals surface area contributed by atoms with E-state index in [0.717, 1.165) is 0 Å². The van der Waals surface area contributed by atoms with E-state index in [-0.39, 0.29) is 51.4 Å². The molecule has 0 atom stereocenters. The molecule has 132 valence electrons. The van der Waals surface area contributed by atoms with Crippen molar-refractivity contribution in [3.63, 3.8) is 0 Å².